The standard InChI is InChI=1S/C16H13N3O7/c1-9-14(16(21)24-2)10(7-17)15(26-9)18-13(20)8-25-12-6-4-3-5-11(12)19(22)23/h3-6H,8H2,1-2H3,(H,18,20). The van der Waals surface area contributed by atoms with Crippen molar-refractivity contribution in [1.82, 2.24) is 0 Å². The number of nitrogens with one attached hydrogen (secondary N) is 1. The molecule has 0 saturated carbocycles. The molecule has 0 atom stereocenters. The number of rotatable bonds is 6. The molecule has 10 heteroatoms. The first kappa shape index (κ1) is 18.5. The number of nitriles is 1. The van der Waals surface area contributed by atoms with Crippen molar-refractivity contribution in [2.75, 3.05) is 19.0 Å². The molecule has 0 saturated heterocycles. The summed E-state index contributed by atoms with van der Waals surface area (Å²) < 4.78 is 14.9. The zero-order valence-corrected chi connectivity index (χ0v) is 13.8. The van der Waals surface area contributed by atoms with Crippen molar-refractivity contribution in [2.24, 2.45) is 0 Å². The zero-order chi connectivity index (χ0) is 19.3. The van der Waals surface area contributed by atoms with Crippen LogP contribution in [0.15, 0.2) is 28.7 Å². The third-order valence-electron chi connectivity index (χ3n) is 3.26. The van der Waals surface area contributed by atoms with E-state index in [0.29, 0.717) is 0 Å². The summed E-state index contributed by atoms with van der Waals surface area (Å²) in [4.78, 5) is 34.0. The predicted molar refractivity (Wildman–Crippen MR) is 86.7 cm³/mol. The second-order valence-corrected chi connectivity index (χ2v) is 4.90. The van der Waals surface area contributed by atoms with E-state index in [9.17, 15) is 25.0 Å². The molecule has 1 aromatic carbocycles. The third-order valence-corrected chi connectivity index (χ3v) is 3.26. The van der Waals surface area contributed by atoms with Gasteiger partial charge in [-0.1, -0.05) is 12.1 Å². The highest BCUT2D eigenvalue weighted by molar-refractivity contribution is 5.98. The first-order valence-corrected chi connectivity index (χ1v) is 7.16. The highest BCUT2D eigenvalue weighted by Crippen LogP contribution is 2.28. The monoisotopic (exact) mass is 359 g/mol. The van der Waals surface area contributed by atoms with Gasteiger partial charge in [0.05, 0.1) is 12.0 Å². The van der Waals surface area contributed by atoms with Crippen molar-refractivity contribution in [3.63, 3.8) is 0 Å². The van der Waals surface area contributed by atoms with Crippen LogP contribution in [-0.2, 0) is 9.53 Å². The number of nitrogens with zero attached hydrogens (tertiary/aromatic N) is 2. The second-order valence-electron chi connectivity index (χ2n) is 4.90. The molecule has 1 heterocycles. The van der Waals surface area contributed by atoms with Gasteiger partial charge in [-0.15, -0.1) is 0 Å². The maximum atomic E-state index is 12.0. The van der Waals surface area contributed by atoms with Crippen LogP contribution in [0.4, 0.5) is 11.6 Å². The quantitative estimate of drug-likeness (QED) is 0.469. The van der Waals surface area contributed by atoms with Crippen LogP contribution < -0.4 is 10.1 Å². The van der Waals surface area contributed by atoms with Gasteiger partial charge in [0.15, 0.2) is 12.4 Å². The first-order valence-electron chi connectivity index (χ1n) is 7.16. The van der Waals surface area contributed by atoms with E-state index >= 15 is 0 Å². The maximum absolute atomic E-state index is 12.0. The Morgan fingerprint density at radius 3 is 2.69 bits per heavy atom. The van der Waals surface area contributed by atoms with Gasteiger partial charge in [0.25, 0.3) is 5.91 Å². The van der Waals surface area contributed by atoms with Gasteiger partial charge in [-0.25, -0.2) is 4.79 Å². The van der Waals surface area contributed by atoms with E-state index < -0.39 is 23.4 Å². The summed E-state index contributed by atoms with van der Waals surface area (Å²) in [6.07, 6.45) is 0. The number of nitro benzene ring substituents is 1. The molecule has 1 aromatic heterocycles. The van der Waals surface area contributed by atoms with Crippen LogP contribution in [0.3, 0.4) is 0 Å². The van der Waals surface area contributed by atoms with E-state index in [0.717, 1.165) is 7.11 Å². The molecule has 26 heavy (non-hydrogen) atoms. The van der Waals surface area contributed by atoms with Crippen molar-refractivity contribution in [3.8, 4) is 11.8 Å². The number of ether oxygens (including phenoxy) is 2. The summed E-state index contributed by atoms with van der Waals surface area (Å²) in [5.41, 5.74) is -0.571. The lowest BCUT2D eigenvalue weighted by Gasteiger charge is -2.06. The van der Waals surface area contributed by atoms with Crippen LogP contribution in [-0.4, -0.2) is 30.5 Å². The molecule has 1 amide bonds. The molecule has 0 unspecified atom stereocenters. The molecule has 2 aromatic rings. The number of carbonyl (C=O) groups excluding carboxylic acids is 2. The van der Waals surface area contributed by atoms with Crippen molar-refractivity contribution >= 4 is 23.4 Å². The van der Waals surface area contributed by atoms with Gasteiger partial charge in [-0.05, 0) is 13.0 Å². The largest absolute Gasteiger partial charge is 0.477 e. The number of hydrogen-bond acceptors (Lipinski definition) is 8. The fraction of sp³-hybridized carbons (Fsp3) is 0.188. The van der Waals surface area contributed by atoms with Crippen LogP contribution in [0, 0.1) is 28.4 Å². The number of amides is 1. The maximum Gasteiger partial charge on any atom is 0.342 e. The topological polar surface area (TPSA) is 145 Å². The van der Waals surface area contributed by atoms with Gasteiger partial charge >= 0.3 is 11.7 Å². The number of esters is 1. The Balaban J connectivity index is 2.13. The molecular weight excluding hydrogens is 346 g/mol. The van der Waals surface area contributed by atoms with E-state index in [1.54, 1.807) is 6.07 Å². The number of benzene rings is 1. The van der Waals surface area contributed by atoms with Crippen molar-refractivity contribution in [1.29, 1.82) is 5.26 Å². The number of para-hydroxylation sites is 2. The summed E-state index contributed by atoms with van der Waals surface area (Å²) in [5.74, 6) is -1.73. The van der Waals surface area contributed by atoms with Crippen LogP contribution >= 0.6 is 0 Å². The molecule has 0 radical (unpaired) electrons. The Bertz CT molecular complexity index is 911. The Morgan fingerprint density at radius 2 is 2.08 bits per heavy atom. The molecule has 1 N–H and O–H groups in total. The van der Waals surface area contributed by atoms with Crippen molar-refractivity contribution in [2.45, 2.75) is 6.92 Å². The van der Waals surface area contributed by atoms with Gasteiger partial charge in [-0.2, -0.15) is 5.26 Å². The summed E-state index contributed by atoms with van der Waals surface area (Å²) in [6.45, 7) is 0.871. The molecule has 10 nitrogen and oxygen atoms in total. The number of furan rings is 1. The minimum absolute atomic E-state index is 0.0842. The minimum atomic E-state index is -0.778. The third kappa shape index (κ3) is 3.78. The average molecular weight is 359 g/mol. The SMILES string of the molecule is COC(=O)c1c(C)oc(NC(=O)COc2ccccc2[N+](=O)[O-])c1C#N. The molecule has 134 valence electrons. The lowest BCUT2D eigenvalue weighted by molar-refractivity contribution is -0.385. The number of aryl methyl sites for hydroxylation is 1. The van der Waals surface area contributed by atoms with Gasteiger partial charge in [0, 0.05) is 6.07 Å². The average Bonchev–Trinajstić information content (AvgIpc) is 2.94. The molecule has 0 aliphatic rings. The summed E-state index contributed by atoms with van der Waals surface area (Å²) in [5, 5.41) is 22.4. The highest BCUT2D eigenvalue weighted by Gasteiger charge is 2.25. The number of carbonyl (C=O) groups is 2. The van der Waals surface area contributed by atoms with Gasteiger partial charge in [0.2, 0.25) is 5.88 Å². The number of anilines is 1. The molecule has 2 rings (SSSR count). The van der Waals surface area contributed by atoms with Crippen LogP contribution in [0.1, 0.15) is 21.7 Å². The summed E-state index contributed by atoms with van der Waals surface area (Å²) in [7, 11) is 1.15. The molecule has 0 aliphatic carbocycles. The summed E-state index contributed by atoms with van der Waals surface area (Å²) in [6, 6.07) is 7.33. The van der Waals surface area contributed by atoms with E-state index in [2.05, 4.69) is 10.1 Å². The van der Waals surface area contributed by atoms with Gasteiger partial charge in [-0.3, -0.25) is 20.2 Å². The highest BCUT2D eigenvalue weighted by atomic mass is 16.6. The predicted octanol–water partition coefficient (Wildman–Crippen LogP) is 2.17. The Hall–Kier alpha value is -3.87. The number of methoxy groups -OCH3 is 1. The number of nitro groups is 1. The van der Waals surface area contributed by atoms with E-state index in [1.165, 1.54) is 31.2 Å². The first-order chi connectivity index (χ1) is 12.4. The van der Waals surface area contributed by atoms with Gasteiger partial charge < -0.3 is 13.9 Å². The lowest BCUT2D eigenvalue weighted by Crippen LogP contribution is -2.20. The Morgan fingerprint density at radius 1 is 1.38 bits per heavy atom. The zero-order valence-electron chi connectivity index (χ0n) is 13.8. The summed E-state index contributed by atoms with van der Waals surface area (Å²) >= 11 is 0. The number of hydrogen-bond donors (Lipinski definition) is 1. The Kier molecular flexibility index (Phi) is 5.54. The molecule has 0 bridgehead atoms. The second kappa shape index (κ2) is 7.80. The van der Waals surface area contributed by atoms with Gasteiger partial charge in [0.1, 0.15) is 23.0 Å². The molecule has 0 aliphatic heterocycles. The minimum Gasteiger partial charge on any atom is -0.477 e. The van der Waals surface area contributed by atoms with E-state index in [1.807, 2.05) is 0 Å². The van der Waals surface area contributed by atoms with Crippen molar-refractivity contribution < 1.29 is 28.4 Å². The van der Waals surface area contributed by atoms with Crippen LogP contribution in [0.2, 0.25) is 0 Å². The molecular formula is C16H13N3O7. The van der Waals surface area contributed by atoms with E-state index in [4.69, 9.17) is 9.15 Å². The van der Waals surface area contributed by atoms with Crippen molar-refractivity contribution in [3.05, 3.63) is 51.3 Å². The molecule has 0 fully saturated rings. The molecule has 0 spiro atoms. The fourth-order valence-corrected chi connectivity index (χ4v) is 2.12. The van der Waals surface area contributed by atoms with Crippen LogP contribution in [0.5, 0.6) is 5.75 Å². The smallest absolute Gasteiger partial charge is 0.342 e. The lowest BCUT2D eigenvalue weighted by atomic mass is 10.1. The van der Waals surface area contributed by atoms with E-state index in [-0.39, 0.29) is 34.2 Å². The Labute approximate surface area is 147 Å². The fourth-order valence-electron chi connectivity index (χ4n) is 2.12. The van der Waals surface area contributed by atoms with Crippen LogP contribution in [0.25, 0.3) is 0 Å². The normalized spacial score (nSPS) is 9.88.